The molecular weight excluding hydrogens is 268 g/mol. The van der Waals surface area contributed by atoms with Gasteiger partial charge < -0.3 is 0 Å². The van der Waals surface area contributed by atoms with Gasteiger partial charge in [0.05, 0.1) is 17.7 Å². The highest BCUT2D eigenvalue weighted by Crippen LogP contribution is 2.15. The number of nitrogens with zero attached hydrogens (tertiary/aromatic N) is 4. The summed E-state index contributed by atoms with van der Waals surface area (Å²) < 4.78 is 1.98. The molecule has 0 amide bonds. The maximum Gasteiger partial charge on any atom is 0.138 e. The lowest BCUT2D eigenvalue weighted by molar-refractivity contribution is 0.633. The Balaban J connectivity index is 1.69. The number of aromatic nitrogens is 4. The summed E-state index contributed by atoms with van der Waals surface area (Å²) in [7, 11) is 0. The second-order valence-corrected chi connectivity index (χ2v) is 5.62. The summed E-state index contributed by atoms with van der Waals surface area (Å²) in [5.74, 6) is 1.03. The molecule has 0 aliphatic carbocycles. The Bertz CT molecular complexity index is 672. The molecule has 0 saturated heterocycles. The van der Waals surface area contributed by atoms with Gasteiger partial charge in [-0.05, 0) is 18.9 Å². The average molecular weight is 284 g/mol. The second-order valence-electron chi connectivity index (χ2n) is 4.68. The maximum atomic E-state index is 4.38. The van der Waals surface area contributed by atoms with Crippen LogP contribution in [0.2, 0.25) is 0 Å². The number of benzene rings is 1. The van der Waals surface area contributed by atoms with E-state index in [9.17, 15) is 0 Å². The molecule has 0 fully saturated rings. The highest BCUT2D eigenvalue weighted by molar-refractivity contribution is 7.09. The van der Waals surface area contributed by atoms with E-state index in [1.807, 2.05) is 28.4 Å². The van der Waals surface area contributed by atoms with Crippen molar-refractivity contribution in [1.29, 1.82) is 0 Å². The number of rotatable bonds is 5. The van der Waals surface area contributed by atoms with E-state index in [4.69, 9.17) is 0 Å². The van der Waals surface area contributed by atoms with Crippen molar-refractivity contribution in [3.8, 4) is 0 Å². The molecule has 0 saturated carbocycles. The minimum Gasteiger partial charge on any atom is -0.250 e. The van der Waals surface area contributed by atoms with E-state index in [-0.39, 0.29) is 0 Å². The van der Waals surface area contributed by atoms with Gasteiger partial charge in [-0.15, -0.1) is 11.3 Å². The van der Waals surface area contributed by atoms with Crippen LogP contribution in [-0.4, -0.2) is 19.7 Å². The Hall–Kier alpha value is -2.01. The molecule has 0 spiro atoms. The highest BCUT2D eigenvalue weighted by atomic mass is 32.1. The highest BCUT2D eigenvalue weighted by Gasteiger charge is 2.08. The first kappa shape index (κ1) is 13.0. The Kier molecular flexibility index (Phi) is 3.87. The van der Waals surface area contributed by atoms with E-state index in [1.54, 1.807) is 17.7 Å². The monoisotopic (exact) mass is 284 g/mol. The fourth-order valence-corrected chi connectivity index (χ4v) is 2.94. The van der Waals surface area contributed by atoms with Crippen LogP contribution in [0.1, 0.15) is 22.0 Å². The van der Waals surface area contributed by atoms with Crippen LogP contribution < -0.4 is 0 Å². The normalized spacial score (nSPS) is 10.8. The summed E-state index contributed by atoms with van der Waals surface area (Å²) in [5.41, 5.74) is 4.27. The minimum absolute atomic E-state index is 0.776. The van der Waals surface area contributed by atoms with E-state index < -0.39 is 0 Å². The summed E-state index contributed by atoms with van der Waals surface area (Å²) in [4.78, 5) is 9.99. The Labute approximate surface area is 122 Å². The molecule has 2 aromatic heterocycles. The summed E-state index contributed by atoms with van der Waals surface area (Å²) in [5, 5.41) is 4.33. The van der Waals surface area contributed by atoms with Crippen molar-refractivity contribution in [2.45, 2.75) is 26.3 Å². The largest absolute Gasteiger partial charge is 0.250 e. The van der Waals surface area contributed by atoms with Crippen molar-refractivity contribution in [3.63, 3.8) is 0 Å². The van der Waals surface area contributed by atoms with Gasteiger partial charge in [0.1, 0.15) is 12.2 Å². The lowest BCUT2D eigenvalue weighted by atomic mass is 10.2. The van der Waals surface area contributed by atoms with Gasteiger partial charge in [0.2, 0.25) is 0 Å². The van der Waals surface area contributed by atoms with Gasteiger partial charge in [0.15, 0.2) is 0 Å². The zero-order chi connectivity index (χ0) is 13.8. The van der Waals surface area contributed by atoms with Gasteiger partial charge in [0, 0.05) is 11.3 Å². The van der Waals surface area contributed by atoms with E-state index in [1.165, 1.54) is 10.4 Å². The number of aryl methyl sites for hydroxylation is 3. The maximum absolute atomic E-state index is 4.38. The van der Waals surface area contributed by atoms with Gasteiger partial charge in [0.25, 0.3) is 0 Å². The minimum atomic E-state index is 0.776. The molecule has 102 valence electrons. The first-order chi connectivity index (χ1) is 9.83. The standard InChI is InChI=1S/C15H16N4S/c1-12-14(20-11-17-12)7-8-15-16-10-18-19(15)9-13-5-3-2-4-6-13/h2-6,10-11H,7-9H2,1H3. The van der Waals surface area contributed by atoms with Crippen LogP contribution in [0, 0.1) is 6.92 Å². The molecule has 4 nitrogen and oxygen atoms in total. The number of hydrogen-bond acceptors (Lipinski definition) is 4. The third-order valence-corrected chi connectivity index (χ3v) is 4.29. The molecule has 3 aromatic rings. The smallest absolute Gasteiger partial charge is 0.138 e. The average Bonchev–Trinajstić information content (AvgIpc) is 3.07. The van der Waals surface area contributed by atoms with Crippen molar-refractivity contribution in [2.75, 3.05) is 0 Å². The molecule has 0 aliphatic heterocycles. The molecular formula is C15H16N4S. The molecule has 0 bridgehead atoms. The molecule has 1 aromatic carbocycles. The molecule has 3 rings (SSSR count). The van der Waals surface area contributed by atoms with E-state index in [0.717, 1.165) is 30.9 Å². The van der Waals surface area contributed by atoms with Crippen LogP contribution in [0.4, 0.5) is 0 Å². The van der Waals surface area contributed by atoms with Crippen molar-refractivity contribution < 1.29 is 0 Å². The fraction of sp³-hybridized carbons (Fsp3) is 0.267. The summed E-state index contributed by atoms with van der Waals surface area (Å²) >= 11 is 1.71. The summed E-state index contributed by atoms with van der Waals surface area (Å²) in [6, 6.07) is 10.3. The molecule has 5 heteroatoms. The quantitative estimate of drug-likeness (QED) is 0.723. The van der Waals surface area contributed by atoms with E-state index >= 15 is 0 Å². The Morgan fingerprint density at radius 3 is 2.70 bits per heavy atom. The molecule has 0 radical (unpaired) electrons. The second kappa shape index (κ2) is 5.96. The number of hydrogen-bond donors (Lipinski definition) is 0. The first-order valence-corrected chi connectivity index (χ1v) is 7.50. The van der Waals surface area contributed by atoms with Crippen LogP contribution in [-0.2, 0) is 19.4 Å². The topological polar surface area (TPSA) is 43.6 Å². The summed E-state index contributed by atoms with van der Waals surface area (Å²) in [6.45, 7) is 2.83. The van der Waals surface area contributed by atoms with Crippen molar-refractivity contribution in [1.82, 2.24) is 19.7 Å². The van der Waals surface area contributed by atoms with Gasteiger partial charge >= 0.3 is 0 Å². The molecule has 0 N–H and O–H groups in total. The van der Waals surface area contributed by atoms with Gasteiger partial charge in [-0.1, -0.05) is 30.3 Å². The summed E-state index contributed by atoms with van der Waals surface area (Å²) in [6.07, 6.45) is 3.51. The lowest BCUT2D eigenvalue weighted by Crippen LogP contribution is -2.08. The van der Waals surface area contributed by atoms with Gasteiger partial charge in [-0.25, -0.2) is 14.6 Å². The van der Waals surface area contributed by atoms with E-state index in [2.05, 4.69) is 34.1 Å². The van der Waals surface area contributed by atoms with Crippen LogP contribution >= 0.6 is 11.3 Å². The van der Waals surface area contributed by atoms with Crippen molar-refractivity contribution in [2.24, 2.45) is 0 Å². The van der Waals surface area contributed by atoms with Crippen LogP contribution in [0.25, 0.3) is 0 Å². The van der Waals surface area contributed by atoms with Crippen LogP contribution in [0.5, 0.6) is 0 Å². The van der Waals surface area contributed by atoms with Gasteiger partial charge in [-0.3, -0.25) is 0 Å². The first-order valence-electron chi connectivity index (χ1n) is 6.62. The lowest BCUT2D eigenvalue weighted by Gasteiger charge is -2.06. The van der Waals surface area contributed by atoms with Crippen LogP contribution in [0.15, 0.2) is 42.2 Å². The van der Waals surface area contributed by atoms with E-state index in [0.29, 0.717) is 0 Å². The fourth-order valence-electron chi connectivity index (χ4n) is 2.16. The molecule has 20 heavy (non-hydrogen) atoms. The predicted molar refractivity (Wildman–Crippen MR) is 79.8 cm³/mol. The number of thiazole rings is 1. The SMILES string of the molecule is Cc1ncsc1CCc1ncnn1Cc1ccccc1. The molecule has 2 heterocycles. The zero-order valence-electron chi connectivity index (χ0n) is 11.4. The van der Waals surface area contributed by atoms with Crippen molar-refractivity contribution >= 4 is 11.3 Å². The van der Waals surface area contributed by atoms with Crippen LogP contribution in [0.3, 0.4) is 0 Å². The third-order valence-electron chi connectivity index (χ3n) is 3.29. The van der Waals surface area contributed by atoms with Gasteiger partial charge in [-0.2, -0.15) is 5.10 Å². The Morgan fingerprint density at radius 1 is 1.10 bits per heavy atom. The zero-order valence-corrected chi connectivity index (χ0v) is 12.2. The predicted octanol–water partition coefficient (Wildman–Crippen LogP) is 2.88. The molecule has 0 unspecified atom stereocenters. The molecule has 0 aliphatic rings. The van der Waals surface area contributed by atoms with Crippen molar-refractivity contribution in [3.05, 3.63) is 64.1 Å². The molecule has 0 atom stereocenters. The third kappa shape index (κ3) is 2.93. The Morgan fingerprint density at radius 2 is 1.95 bits per heavy atom.